The van der Waals surface area contributed by atoms with Gasteiger partial charge >= 0.3 is 0 Å². The van der Waals surface area contributed by atoms with Gasteiger partial charge in [-0.05, 0) is 67.6 Å². The van der Waals surface area contributed by atoms with E-state index in [4.69, 9.17) is 4.74 Å². The van der Waals surface area contributed by atoms with Gasteiger partial charge in [-0.1, -0.05) is 15.9 Å². The Balaban J connectivity index is 1.49. The third-order valence-electron chi connectivity index (χ3n) is 4.48. The van der Waals surface area contributed by atoms with Gasteiger partial charge in [0.05, 0.1) is 22.3 Å². The van der Waals surface area contributed by atoms with E-state index < -0.39 is 10.0 Å². The van der Waals surface area contributed by atoms with Crippen LogP contribution in [0.25, 0.3) is 10.2 Å². The minimum Gasteiger partial charge on any atom is -0.492 e. The maximum Gasteiger partial charge on any atom is 0.265 e. The molecular weight excluding hydrogens is 514 g/mol. The Bertz CT molecular complexity index is 1390. The molecule has 0 atom stereocenters. The Labute approximate surface area is 197 Å². The topological polar surface area (TPSA) is 97.4 Å². The fourth-order valence-corrected chi connectivity index (χ4v) is 5.46. The lowest BCUT2D eigenvalue weighted by atomic mass is 10.2. The first kappa shape index (κ1) is 22.3. The van der Waals surface area contributed by atoms with E-state index in [1.165, 1.54) is 17.4 Å². The number of fused-ring (bicyclic) bond motifs is 1. The molecule has 0 aliphatic rings. The molecule has 4 aromatic rings. The van der Waals surface area contributed by atoms with Crippen LogP contribution in [0.4, 0.5) is 11.4 Å². The van der Waals surface area contributed by atoms with Gasteiger partial charge in [-0.25, -0.2) is 13.4 Å². The zero-order chi connectivity index (χ0) is 22.7. The summed E-state index contributed by atoms with van der Waals surface area (Å²) in [4.78, 5) is 16.8. The molecule has 7 nitrogen and oxygen atoms in total. The molecule has 0 radical (unpaired) electrons. The number of hydrogen-bond acceptors (Lipinski definition) is 6. The highest BCUT2D eigenvalue weighted by atomic mass is 79.9. The van der Waals surface area contributed by atoms with Gasteiger partial charge in [0.25, 0.3) is 15.9 Å². The Morgan fingerprint density at radius 2 is 1.81 bits per heavy atom. The fraction of sp³-hybridized carbons (Fsp3) is 0.0909. The number of ether oxygens (including phenoxy) is 1. The molecule has 2 N–H and O–H groups in total. The van der Waals surface area contributed by atoms with Crippen molar-refractivity contribution >= 4 is 64.8 Å². The first-order valence-electron chi connectivity index (χ1n) is 9.55. The molecule has 10 heteroatoms. The first-order valence-corrected chi connectivity index (χ1v) is 12.7. The molecule has 0 fully saturated rings. The Morgan fingerprint density at radius 3 is 2.56 bits per heavy atom. The van der Waals surface area contributed by atoms with Crippen molar-refractivity contribution in [1.82, 2.24) is 4.98 Å². The Hall–Kier alpha value is -2.95. The van der Waals surface area contributed by atoms with E-state index in [9.17, 15) is 13.2 Å². The summed E-state index contributed by atoms with van der Waals surface area (Å²) in [6.07, 6.45) is 0. The molecule has 0 unspecified atom stereocenters. The molecular formula is C22H18BrN3O4S2. The van der Waals surface area contributed by atoms with Gasteiger partial charge in [0.15, 0.2) is 0 Å². The average Bonchev–Trinajstić information content (AvgIpc) is 3.24. The molecule has 0 aliphatic carbocycles. The second-order valence-corrected chi connectivity index (χ2v) is 10.1. The number of thiazole rings is 1. The number of nitrogens with zero attached hydrogens (tertiary/aromatic N) is 1. The minimum atomic E-state index is -3.88. The van der Waals surface area contributed by atoms with Crippen molar-refractivity contribution in [2.45, 2.75) is 11.8 Å². The zero-order valence-corrected chi connectivity index (χ0v) is 20.1. The lowest BCUT2D eigenvalue weighted by Crippen LogP contribution is -2.15. The van der Waals surface area contributed by atoms with Crippen molar-refractivity contribution < 1.29 is 17.9 Å². The summed E-state index contributed by atoms with van der Waals surface area (Å²) < 4.78 is 35.3. The van der Waals surface area contributed by atoms with Crippen LogP contribution in [-0.2, 0) is 10.0 Å². The van der Waals surface area contributed by atoms with Crippen molar-refractivity contribution in [2.24, 2.45) is 0 Å². The van der Waals surface area contributed by atoms with E-state index in [-0.39, 0.29) is 16.6 Å². The summed E-state index contributed by atoms with van der Waals surface area (Å²) in [5.41, 5.74) is 4.00. The molecule has 32 heavy (non-hydrogen) atoms. The molecule has 3 aromatic carbocycles. The number of benzene rings is 3. The van der Waals surface area contributed by atoms with Crippen molar-refractivity contribution in [2.75, 3.05) is 16.6 Å². The molecule has 0 aliphatic heterocycles. The molecule has 164 valence electrons. The zero-order valence-electron chi connectivity index (χ0n) is 16.8. The lowest BCUT2D eigenvalue weighted by Gasteiger charge is -2.13. The summed E-state index contributed by atoms with van der Waals surface area (Å²) >= 11 is 4.76. The SMILES string of the molecule is CCOc1ccc(Br)cc1S(=O)(=O)Nc1ccc(NC(=O)c2ccc3ncsc3c2)cc1. The second-order valence-electron chi connectivity index (χ2n) is 6.70. The maximum absolute atomic E-state index is 12.9. The quantitative estimate of drug-likeness (QED) is 0.327. The largest absolute Gasteiger partial charge is 0.492 e. The van der Waals surface area contributed by atoms with Crippen LogP contribution < -0.4 is 14.8 Å². The molecule has 1 amide bonds. The van der Waals surface area contributed by atoms with Crippen LogP contribution in [0.1, 0.15) is 17.3 Å². The molecule has 0 saturated heterocycles. The maximum atomic E-state index is 12.9. The summed E-state index contributed by atoms with van der Waals surface area (Å²) in [6, 6.07) is 16.5. The van der Waals surface area contributed by atoms with Crippen LogP contribution in [0.3, 0.4) is 0 Å². The summed E-state index contributed by atoms with van der Waals surface area (Å²) in [5.74, 6) is 0.00844. The number of amides is 1. The van der Waals surface area contributed by atoms with Crippen LogP contribution in [0.15, 0.2) is 75.5 Å². The van der Waals surface area contributed by atoms with E-state index in [1.807, 2.05) is 0 Å². The van der Waals surface area contributed by atoms with Gasteiger partial charge in [0, 0.05) is 21.4 Å². The van der Waals surface area contributed by atoms with Gasteiger partial charge in [0.2, 0.25) is 0 Å². The van der Waals surface area contributed by atoms with Crippen molar-refractivity contribution in [3.05, 3.63) is 76.2 Å². The number of carbonyl (C=O) groups is 1. The fourth-order valence-electron chi connectivity index (χ4n) is 3.00. The number of halogens is 1. The normalized spacial score (nSPS) is 11.3. The predicted molar refractivity (Wildman–Crippen MR) is 130 cm³/mol. The predicted octanol–water partition coefficient (Wildman–Crippen LogP) is 5.51. The number of aromatic nitrogens is 1. The van der Waals surface area contributed by atoms with Gasteiger partial charge in [-0.3, -0.25) is 9.52 Å². The molecule has 0 bridgehead atoms. The van der Waals surface area contributed by atoms with E-state index in [0.717, 1.165) is 10.2 Å². The number of anilines is 2. The lowest BCUT2D eigenvalue weighted by molar-refractivity contribution is 0.102. The molecule has 4 rings (SSSR count). The van der Waals surface area contributed by atoms with E-state index in [2.05, 4.69) is 31.0 Å². The van der Waals surface area contributed by atoms with Gasteiger partial charge in [0.1, 0.15) is 10.6 Å². The van der Waals surface area contributed by atoms with E-state index in [1.54, 1.807) is 67.0 Å². The smallest absolute Gasteiger partial charge is 0.265 e. The van der Waals surface area contributed by atoms with Crippen molar-refractivity contribution in [3.63, 3.8) is 0 Å². The van der Waals surface area contributed by atoms with Crippen molar-refractivity contribution in [3.8, 4) is 5.75 Å². The molecule has 1 aromatic heterocycles. The highest BCUT2D eigenvalue weighted by Crippen LogP contribution is 2.29. The Morgan fingerprint density at radius 1 is 1.06 bits per heavy atom. The highest BCUT2D eigenvalue weighted by Gasteiger charge is 2.20. The Kier molecular flexibility index (Phi) is 6.45. The third-order valence-corrected chi connectivity index (χ3v) is 7.17. The highest BCUT2D eigenvalue weighted by molar-refractivity contribution is 9.10. The summed E-state index contributed by atoms with van der Waals surface area (Å²) in [5, 5.41) is 2.81. The molecule has 0 saturated carbocycles. The number of sulfonamides is 1. The average molecular weight is 532 g/mol. The number of hydrogen-bond donors (Lipinski definition) is 2. The van der Waals surface area contributed by atoms with Gasteiger partial charge in [-0.2, -0.15) is 0 Å². The molecule has 1 heterocycles. The minimum absolute atomic E-state index is 0.0320. The number of carbonyl (C=O) groups excluding carboxylic acids is 1. The van der Waals surface area contributed by atoms with Crippen LogP contribution >= 0.6 is 27.3 Å². The molecule has 0 spiro atoms. The summed E-state index contributed by atoms with van der Waals surface area (Å²) in [7, 11) is -3.88. The van der Waals surface area contributed by atoms with E-state index >= 15 is 0 Å². The van der Waals surface area contributed by atoms with Gasteiger partial charge < -0.3 is 10.1 Å². The third kappa shape index (κ3) is 4.93. The van der Waals surface area contributed by atoms with Crippen LogP contribution in [-0.4, -0.2) is 25.9 Å². The number of nitrogens with one attached hydrogen (secondary N) is 2. The monoisotopic (exact) mass is 531 g/mol. The second kappa shape index (κ2) is 9.27. The van der Waals surface area contributed by atoms with Crippen LogP contribution in [0.2, 0.25) is 0 Å². The van der Waals surface area contributed by atoms with Crippen molar-refractivity contribution in [1.29, 1.82) is 0 Å². The first-order chi connectivity index (χ1) is 15.4. The standard InChI is InChI=1S/C22H18BrN3O4S2/c1-2-30-19-10-4-15(23)12-21(19)32(28,29)26-17-7-5-16(6-8-17)25-22(27)14-3-9-18-20(11-14)31-13-24-18/h3-13,26H,2H2,1H3,(H,25,27). The van der Waals surface area contributed by atoms with Crippen LogP contribution in [0, 0.1) is 0 Å². The summed E-state index contributed by atoms with van der Waals surface area (Å²) in [6.45, 7) is 2.13. The van der Waals surface area contributed by atoms with E-state index in [0.29, 0.717) is 28.0 Å². The number of rotatable bonds is 7. The van der Waals surface area contributed by atoms with Crippen LogP contribution in [0.5, 0.6) is 5.75 Å². The van der Waals surface area contributed by atoms with Gasteiger partial charge in [-0.15, -0.1) is 11.3 Å².